The van der Waals surface area contributed by atoms with E-state index in [1.165, 1.54) is 0 Å². The van der Waals surface area contributed by atoms with Crippen LogP contribution in [0.15, 0.2) is 18.3 Å². The van der Waals surface area contributed by atoms with Gasteiger partial charge in [0.15, 0.2) is 11.5 Å². The van der Waals surface area contributed by atoms with E-state index < -0.39 is 0 Å². The van der Waals surface area contributed by atoms with E-state index in [1.807, 2.05) is 18.3 Å². The first-order valence-corrected chi connectivity index (χ1v) is 7.28. The van der Waals surface area contributed by atoms with Crippen LogP contribution in [0.3, 0.4) is 0 Å². The number of rotatable bonds is 2. The molecular weight excluding hydrogens is 260 g/mol. The van der Waals surface area contributed by atoms with Gasteiger partial charge in [-0.2, -0.15) is 5.10 Å². The Bertz CT molecular complexity index is 570. The molecule has 0 N–H and O–H groups in total. The summed E-state index contributed by atoms with van der Waals surface area (Å²) < 4.78 is 1.78. The first-order chi connectivity index (χ1) is 9.15. The smallest absolute Gasteiger partial charge is 0.174 e. The second-order valence-electron chi connectivity index (χ2n) is 5.50. The molecule has 19 heavy (non-hydrogen) atoms. The average Bonchev–Trinajstić information content (AvgIpc) is 2.84. The van der Waals surface area contributed by atoms with Crippen LogP contribution in [0.25, 0.3) is 5.65 Å². The van der Waals surface area contributed by atoms with Crippen LogP contribution in [0, 0.1) is 0 Å². The van der Waals surface area contributed by atoms with Crippen molar-refractivity contribution in [1.29, 1.82) is 0 Å². The number of nitrogens with zero attached hydrogens (tertiary/aromatic N) is 4. The lowest BCUT2D eigenvalue weighted by atomic mass is 9.95. The van der Waals surface area contributed by atoms with Crippen LogP contribution in [0.4, 0.5) is 0 Å². The fourth-order valence-corrected chi connectivity index (χ4v) is 2.94. The summed E-state index contributed by atoms with van der Waals surface area (Å²) in [4.78, 5) is 7.12. The zero-order valence-electron chi connectivity index (χ0n) is 11.4. The molecule has 4 nitrogen and oxygen atoms in total. The molecule has 0 saturated carbocycles. The van der Waals surface area contributed by atoms with Crippen LogP contribution in [-0.4, -0.2) is 38.6 Å². The van der Waals surface area contributed by atoms with Crippen molar-refractivity contribution in [3.8, 4) is 0 Å². The van der Waals surface area contributed by atoms with E-state index in [1.54, 1.807) is 4.52 Å². The molecule has 3 rings (SSSR count). The van der Waals surface area contributed by atoms with Crippen LogP contribution >= 0.6 is 11.6 Å². The quantitative estimate of drug-likeness (QED) is 0.847. The normalized spacial score (nSPS) is 18.5. The number of halogens is 1. The number of fused-ring (bicyclic) bond motifs is 1. The zero-order valence-corrected chi connectivity index (χ0v) is 12.1. The van der Waals surface area contributed by atoms with Gasteiger partial charge in [0.05, 0.1) is 5.02 Å². The molecule has 2 aromatic rings. The molecule has 1 fully saturated rings. The minimum absolute atomic E-state index is 0.464. The standard InChI is InChI=1S/C14H19ClN4/c1-10(2)18-8-5-11(6-9-18)13-16-14-12(15)4-3-7-19(14)17-13/h3-4,7,10-11H,5-6,8-9H2,1-2H3. The maximum absolute atomic E-state index is 6.14. The number of likely N-dealkylation sites (tertiary alicyclic amines) is 1. The molecule has 0 aromatic carbocycles. The van der Waals surface area contributed by atoms with Gasteiger partial charge in [0.25, 0.3) is 0 Å². The summed E-state index contributed by atoms with van der Waals surface area (Å²) in [5, 5.41) is 5.24. The van der Waals surface area contributed by atoms with Gasteiger partial charge in [0.2, 0.25) is 0 Å². The fourth-order valence-electron chi connectivity index (χ4n) is 2.74. The summed E-state index contributed by atoms with van der Waals surface area (Å²) in [5.41, 5.74) is 0.769. The summed E-state index contributed by atoms with van der Waals surface area (Å²) in [6.45, 7) is 6.77. The Morgan fingerprint density at radius 2 is 2.05 bits per heavy atom. The van der Waals surface area contributed by atoms with Crippen molar-refractivity contribution in [2.45, 2.75) is 38.6 Å². The summed E-state index contributed by atoms with van der Waals surface area (Å²) in [6.07, 6.45) is 4.17. The third-order valence-electron chi connectivity index (χ3n) is 3.96. The van der Waals surface area contributed by atoms with Gasteiger partial charge in [0, 0.05) is 18.2 Å². The fraction of sp³-hybridized carbons (Fsp3) is 0.571. The molecule has 1 aliphatic heterocycles. The van der Waals surface area contributed by atoms with Gasteiger partial charge in [-0.05, 0) is 51.9 Å². The minimum Gasteiger partial charge on any atom is -0.301 e. The van der Waals surface area contributed by atoms with Crippen LogP contribution < -0.4 is 0 Å². The highest BCUT2D eigenvalue weighted by molar-refractivity contribution is 6.33. The third-order valence-corrected chi connectivity index (χ3v) is 4.25. The molecule has 0 unspecified atom stereocenters. The number of hydrogen-bond acceptors (Lipinski definition) is 3. The Kier molecular flexibility index (Phi) is 3.46. The van der Waals surface area contributed by atoms with Crippen molar-refractivity contribution in [3.63, 3.8) is 0 Å². The monoisotopic (exact) mass is 278 g/mol. The lowest BCUT2D eigenvalue weighted by Crippen LogP contribution is -2.38. The van der Waals surface area contributed by atoms with E-state index in [-0.39, 0.29) is 0 Å². The van der Waals surface area contributed by atoms with Gasteiger partial charge >= 0.3 is 0 Å². The van der Waals surface area contributed by atoms with Gasteiger partial charge in [-0.3, -0.25) is 0 Å². The molecule has 3 heterocycles. The average molecular weight is 279 g/mol. The Morgan fingerprint density at radius 3 is 2.68 bits per heavy atom. The lowest BCUT2D eigenvalue weighted by molar-refractivity contribution is 0.169. The summed E-state index contributed by atoms with van der Waals surface area (Å²) in [6, 6.07) is 4.38. The van der Waals surface area contributed by atoms with Crippen LogP contribution in [0.5, 0.6) is 0 Å². The van der Waals surface area contributed by atoms with Crippen LogP contribution in [0.2, 0.25) is 5.02 Å². The van der Waals surface area contributed by atoms with E-state index in [0.29, 0.717) is 17.0 Å². The molecule has 0 atom stereocenters. The molecule has 0 spiro atoms. The van der Waals surface area contributed by atoms with Crippen molar-refractivity contribution >= 4 is 17.2 Å². The Hall–Kier alpha value is -1.13. The van der Waals surface area contributed by atoms with Crippen molar-refractivity contribution in [2.75, 3.05) is 13.1 Å². The van der Waals surface area contributed by atoms with Gasteiger partial charge in [-0.15, -0.1) is 0 Å². The molecule has 1 saturated heterocycles. The highest BCUT2D eigenvalue weighted by Gasteiger charge is 2.25. The molecule has 5 heteroatoms. The maximum atomic E-state index is 6.14. The predicted molar refractivity (Wildman–Crippen MR) is 76.7 cm³/mol. The SMILES string of the molecule is CC(C)N1CCC(c2nc3c(Cl)cccn3n2)CC1. The molecule has 102 valence electrons. The predicted octanol–water partition coefficient (Wildman–Crippen LogP) is 2.97. The molecule has 1 aliphatic rings. The Balaban J connectivity index is 1.80. The first-order valence-electron chi connectivity index (χ1n) is 6.90. The highest BCUT2D eigenvalue weighted by Crippen LogP contribution is 2.27. The topological polar surface area (TPSA) is 33.4 Å². The second kappa shape index (κ2) is 5.10. The van der Waals surface area contributed by atoms with E-state index in [9.17, 15) is 0 Å². The third kappa shape index (κ3) is 2.47. The Labute approximate surface area is 118 Å². The molecular formula is C14H19ClN4. The molecule has 0 amide bonds. The van der Waals surface area contributed by atoms with Crippen molar-refractivity contribution in [3.05, 3.63) is 29.2 Å². The van der Waals surface area contributed by atoms with E-state index in [4.69, 9.17) is 11.6 Å². The maximum Gasteiger partial charge on any atom is 0.174 e. The minimum atomic E-state index is 0.464. The number of piperidine rings is 1. The molecule has 0 aliphatic carbocycles. The lowest BCUT2D eigenvalue weighted by Gasteiger charge is -2.33. The molecule has 0 radical (unpaired) electrons. The van der Waals surface area contributed by atoms with Crippen LogP contribution in [-0.2, 0) is 0 Å². The van der Waals surface area contributed by atoms with Crippen molar-refractivity contribution < 1.29 is 0 Å². The van der Waals surface area contributed by atoms with Gasteiger partial charge in [-0.25, -0.2) is 9.50 Å². The van der Waals surface area contributed by atoms with Gasteiger partial charge in [0.1, 0.15) is 0 Å². The van der Waals surface area contributed by atoms with Gasteiger partial charge in [-0.1, -0.05) is 11.6 Å². The summed E-state index contributed by atoms with van der Waals surface area (Å²) >= 11 is 6.14. The van der Waals surface area contributed by atoms with Crippen molar-refractivity contribution in [1.82, 2.24) is 19.5 Å². The summed E-state index contributed by atoms with van der Waals surface area (Å²) in [7, 11) is 0. The number of hydrogen-bond donors (Lipinski definition) is 0. The van der Waals surface area contributed by atoms with E-state index >= 15 is 0 Å². The molecule has 0 bridgehead atoms. The van der Waals surface area contributed by atoms with Crippen molar-refractivity contribution in [2.24, 2.45) is 0 Å². The van der Waals surface area contributed by atoms with Gasteiger partial charge < -0.3 is 4.90 Å². The second-order valence-corrected chi connectivity index (χ2v) is 5.91. The van der Waals surface area contributed by atoms with E-state index in [0.717, 1.165) is 37.4 Å². The Morgan fingerprint density at radius 1 is 1.32 bits per heavy atom. The van der Waals surface area contributed by atoms with Crippen LogP contribution in [0.1, 0.15) is 38.4 Å². The summed E-state index contributed by atoms with van der Waals surface area (Å²) in [5.74, 6) is 1.41. The number of pyridine rings is 1. The molecule has 2 aromatic heterocycles. The van der Waals surface area contributed by atoms with E-state index in [2.05, 4.69) is 28.8 Å². The zero-order chi connectivity index (χ0) is 13.4. The number of aromatic nitrogens is 3. The largest absolute Gasteiger partial charge is 0.301 e. The first kappa shape index (κ1) is 12.9. The highest BCUT2D eigenvalue weighted by atomic mass is 35.5.